The summed E-state index contributed by atoms with van der Waals surface area (Å²) in [6.45, 7) is 13.8. The van der Waals surface area contributed by atoms with Gasteiger partial charge in [-0.2, -0.15) is 0 Å². The second kappa shape index (κ2) is 17.3. The van der Waals surface area contributed by atoms with Crippen LogP contribution in [0.1, 0.15) is 106 Å². The van der Waals surface area contributed by atoms with Crippen LogP contribution in [0.15, 0.2) is 11.6 Å². The monoisotopic (exact) mass is 926 g/mol. The van der Waals surface area contributed by atoms with Crippen LogP contribution in [0.5, 0.6) is 0 Å². The SMILES string of the molecule is CC1OC(OC2C(OC3C(OC4CCC5(C)C(CCC6(C)C5CC=C5C7CC(C)(CO)CC(=O)C7(C)CCC56C)C4(C)CO)OC(C(=O)O)C(O)C3O)OCC(O)C2O)C(O)C(O)C1O. The zero-order valence-corrected chi connectivity index (χ0v) is 38.7. The summed E-state index contributed by atoms with van der Waals surface area (Å²) < 4.78 is 36.0. The third-order valence-electron chi connectivity index (χ3n) is 19.1. The summed E-state index contributed by atoms with van der Waals surface area (Å²) in [5.74, 6) is -1.21. The molecule has 5 aliphatic carbocycles. The van der Waals surface area contributed by atoms with Crippen molar-refractivity contribution in [2.45, 2.75) is 198 Å². The zero-order valence-electron chi connectivity index (χ0n) is 38.7. The van der Waals surface area contributed by atoms with Crippen molar-refractivity contribution >= 4 is 11.8 Å². The summed E-state index contributed by atoms with van der Waals surface area (Å²) in [5.41, 5.74) is -1.19. The number of Topliss-reactive ketones (excluding diaryl/α,β-unsaturated/α-hetero) is 1. The first-order valence-electron chi connectivity index (χ1n) is 23.7. The van der Waals surface area contributed by atoms with E-state index in [1.807, 2.05) is 13.8 Å². The minimum absolute atomic E-state index is 0.0379. The molecule has 24 unspecified atom stereocenters. The molecular formula is C47H74O18. The van der Waals surface area contributed by atoms with Gasteiger partial charge in [0.1, 0.15) is 60.7 Å². The molecule has 10 N–H and O–H groups in total. The Kier molecular flexibility index (Phi) is 13.2. The fourth-order valence-corrected chi connectivity index (χ4v) is 14.6. The van der Waals surface area contributed by atoms with E-state index in [0.717, 1.165) is 38.5 Å². The topological polar surface area (TPSA) is 292 Å². The van der Waals surface area contributed by atoms with E-state index in [-0.39, 0.29) is 53.0 Å². The second-order valence-electron chi connectivity index (χ2n) is 22.8. The zero-order chi connectivity index (χ0) is 47.6. The Labute approximate surface area is 380 Å². The minimum atomic E-state index is -2.03. The molecule has 370 valence electrons. The Balaban J connectivity index is 1.06. The molecule has 3 aliphatic heterocycles. The average Bonchev–Trinajstić information content (AvgIpc) is 3.25. The molecule has 4 saturated carbocycles. The van der Waals surface area contributed by atoms with Gasteiger partial charge in [0.05, 0.1) is 25.4 Å². The molecule has 0 aromatic rings. The van der Waals surface area contributed by atoms with Gasteiger partial charge in [-0.1, -0.05) is 53.2 Å². The number of hydrogen-bond acceptors (Lipinski definition) is 17. The molecule has 8 rings (SSSR count). The third-order valence-corrected chi connectivity index (χ3v) is 19.1. The third kappa shape index (κ3) is 7.62. The van der Waals surface area contributed by atoms with Crippen LogP contribution in [0.2, 0.25) is 0 Å². The molecule has 65 heavy (non-hydrogen) atoms. The molecule has 3 heterocycles. The summed E-state index contributed by atoms with van der Waals surface area (Å²) >= 11 is 0. The Hall–Kier alpha value is -1.72. The van der Waals surface area contributed by atoms with Crippen molar-refractivity contribution in [1.82, 2.24) is 0 Å². The number of rotatable bonds is 9. The molecule has 18 nitrogen and oxygen atoms in total. The number of carboxylic acid groups (broad SMARTS) is 1. The van der Waals surface area contributed by atoms with Crippen LogP contribution < -0.4 is 0 Å². The van der Waals surface area contributed by atoms with Gasteiger partial charge < -0.3 is 79.5 Å². The number of carboxylic acids is 1. The number of ketones is 1. The number of ether oxygens (including phenoxy) is 6. The molecule has 0 aromatic heterocycles. The van der Waals surface area contributed by atoms with E-state index in [1.54, 1.807) is 0 Å². The lowest BCUT2D eigenvalue weighted by molar-refractivity contribution is -0.387. The molecule has 18 heteroatoms. The van der Waals surface area contributed by atoms with Crippen molar-refractivity contribution in [3.63, 3.8) is 0 Å². The molecule has 0 radical (unpaired) electrons. The highest BCUT2D eigenvalue weighted by Gasteiger charge is 2.70. The van der Waals surface area contributed by atoms with Gasteiger partial charge >= 0.3 is 5.97 Å². The van der Waals surface area contributed by atoms with E-state index < -0.39 is 121 Å². The number of fused-ring (bicyclic) bond motifs is 7. The molecule has 0 aromatic carbocycles. The average molecular weight is 927 g/mol. The van der Waals surface area contributed by atoms with Crippen LogP contribution >= 0.6 is 0 Å². The van der Waals surface area contributed by atoms with Crippen LogP contribution in [-0.2, 0) is 38.0 Å². The molecule has 0 amide bonds. The molecule has 0 spiro atoms. The quantitative estimate of drug-likeness (QED) is 0.111. The van der Waals surface area contributed by atoms with Gasteiger partial charge in [0.25, 0.3) is 0 Å². The lowest BCUT2D eigenvalue weighted by atomic mass is 9.33. The fourth-order valence-electron chi connectivity index (χ4n) is 14.6. The van der Waals surface area contributed by atoms with Crippen molar-refractivity contribution in [3.8, 4) is 0 Å². The Morgan fingerprint density at radius 1 is 0.738 bits per heavy atom. The van der Waals surface area contributed by atoms with Crippen LogP contribution in [0.4, 0.5) is 0 Å². The smallest absolute Gasteiger partial charge is 0.335 e. The van der Waals surface area contributed by atoms with Crippen molar-refractivity contribution < 1.29 is 89.1 Å². The van der Waals surface area contributed by atoms with Gasteiger partial charge in [-0.15, -0.1) is 0 Å². The predicted molar refractivity (Wildman–Crippen MR) is 225 cm³/mol. The minimum Gasteiger partial charge on any atom is -0.479 e. The first-order valence-corrected chi connectivity index (χ1v) is 23.7. The van der Waals surface area contributed by atoms with Gasteiger partial charge in [0.15, 0.2) is 25.0 Å². The first kappa shape index (κ1) is 49.7. The summed E-state index contributed by atoms with van der Waals surface area (Å²) in [6.07, 6.45) is -15.8. The number of hydrogen-bond donors (Lipinski definition) is 10. The summed E-state index contributed by atoms with van der Waals surface area (Å²) in [7, 11) is 0. The highest BCUT2D eigenvalue weighted by molar-refractivity contribution is 5.87. The lowest BCUT2D eigenvalue weighted by Gasteiger charge is -2.71. The number of carbonyl (C=O) groups is 2. The second-order valence-corrected chi connectivity index (χ2v) is 22.8. The molecule has 0 bridgehead atoms. The van der Waals surface area contributed by atoms with Crippen LogP contribution in [0, 0.1) is 50.2 Å². The maximum absolute atomic E-state index is 13.8. The summed E-state index contributed by atoms with van der Waals surface area (Å²) in [5, 5.41) is 108. The van der Waals surface area contributed by atoms with Gasteiger partial charge in [0.2, 0.25) is 0 Å². The maximum Gasteiger partial charge on any atom is 0.335 e. The van der Waals surface area contributed by atoms with Gasteiger partial charge in [0, 0.05) is 23.9 Å². The van der Waals surface area contributed by atoms with Crippen molar-refractivity contribution in [2.24, 2.45) is 50.2 Å². The fraction of sp³-hybridized carbons (Fsp3) is 0.915. The Morgan fingerprint density at radius 2 is 1.42 bits per heavy atom. The lowest BCUT2D eigenvalue weighted by Crippen LogP contribution is -2.68. The molecule has 3 saturated heterocycles. The standard InChI is InChI=1S/C47H74O18/c1-21-29(52)31(54)34(57)39(61-21)64-36-30(53)24(50)18-60-40(36)65-37-33(56)32(55)35(38(58)59)63-41(37)62-28-11-12-44(4)25(45(28,5)20-49)10-13-47(7)26(44)9-8-22-23-16-42(2,19-48)17-27(51)43(23,3)14-15-46(22,47)6/h8,21,23-26,28-37,39-41,48-50,52-57H,9-20H2,1-7H3,(H,58,59). The number of carbonyl (C=O) groups excluding carboxylic acids is 1. The Morgan fingerprint density at radius 3 is 2.08 bits per heavy atom. The molecule has 8 aliphatic rings. The number of aliphatic hydroxyl groups excluding tert-OH is 9. The molecule has 7 fully saturated rings. The summed E-state index contributed by atoms with van der Waals surface area (Å²) in [6, 6.07) is 0. The Bertz CT molecular complexity index is 1830. The highest BCUT2D eigenvalue weighted by Crippen LogP contribution is 2.75. The normalized spacial score (nSPS) is 55.8. The van der Waals surface area contributed by atoms with Crippen LogP contribution in [-0.4, -0.2) is 175 Å². The largest absolute Gasteiger partial charge is 0.479 e. The van der Waals surface area contributed by atoms with Gasteiger partial charge in [-0.3, -0.25) is 4.79 Å². The van der Waals surface area contributed by atoms with Crippen molar-refractivity contribution in [3.05, 3.63) is 11.6 Å². The number of allylic oxidation sites excluding steroid dienone is 2. The van der Waals surface area contributed by atoms with E-state index in [2.05, 4.69) is 33.8 Å². The maximum atomic E-state index is 13.8. The highest BCUT2D eigenvalue weighted by atomic mass is 16.8. The van der Waals surface area contributed by atoms with Crippen LogP contribution in [0.25, 0.3) is 0 Å². The first-order chi connectivity index (χ1) is 30.3. The number of aliphatic hydroxyl groups is 9. The summed E-state index contributed by atoms with van der Waals surface area (Å²) in [4.78, 5) is 26.3. The van der Waals surface area contributed by atoms with Crippen LogP contribution in [0.3, 0.4) is 0 Å². The predicted octanol–water partition coefficient (Wildman–Crippen LogP) is 0.524. The van der Waals surface area contributed by atoms with E-state index in [0.29, 0.717) is 19.3 Å². The van der Waals surface area contributed by atoms with Crippen molar-refractivity contribution in [2.75, 3.05) is 19.8 Å². The van der Waals surface area contributed by atoms with E-state index in [4.69, 9.17) is 28.4 Å². The van der Waals surface area contributed by atoms with Gasteiger partial charge in [-0.05, 0) is 97.7 Å². The number of aliphatic carboxylic acids is 1. The van der Waals surface area contributed by atoms with Gasteiger partial charge in [-0.25, -0.2) is 4.79 Å². The van der Waals surface area contributed by atoms with E-state index in [9.17, 15) is 60.7 Å². The molecule has 24 atom stereocenters. The van der Waals surface area contributed by atoms with Crippen molar-refractivity contribution in [1.29, 1.82) is 0 Å². The van der Waals surface area contributed by atoms with E-state index >= 15 is 0 Å². The van der Waals surface area contributed by atoms with E-state index in [1.165, 1.54) is 12.5 Å². The molecular weight excluding hydrogens is 852 g/mol.